The summed E-state index contributed by atoms with van der Waals surface area (Å²) in [6, 6.07) is 0. The van der Waals surface area contributed by atoms with Gasteiger partial charge in [0, 0.05) is 37.6 Å². The van der Waals surface area contributed by atoms with Crippen LogP contribution in [0.25, 0.3) is 0 Å². The first-order valence-corrected chi connectivity index (χ1v) is 9.90. The molecule has 0 N–H and O–H groups in total. The van der Waals surface area contributed by atoms with Crippen molar-refractivity contribution in [3.8, 4) is 0 Å². The molecule has 0 unspecified atom stereocenters. The highest BCUT2D eigenvalue weighted by molar-refractivity contribution is 5.79. The number of nitrogens with zero attached hydrogens (tertiary/aromatic N) is 1. The Kier molecular flexibility index (Phi) is 4.95. The van der Waals surface area contributed by atoms with E-state index in [0.29, 0.717) is 5.91 Å². The predicted molar refractivity (Wildman–Crippen MR) is 92.6 cm³/mol. The molecule has 2 aliphatic carbocycles. The third-order valence-electron chi connectivity index (χ3n) is 6.36. The summed E-state index contributed by atoms with van der Waals surface area (Å²) in [5.74, 6) is 1.35. The highest BCUT2D eigenvalue weighted by Gasteiger charge is 2.48. The maximum absolute atomic E-state index is 13.0. The SMILES string of the molecule is O=C([C@@H]1CC=CCC1)N1CC[C@@H]2OCCC[C@]2(COCC2CC2)C1. The highest BCUT2D eigenvalue weighted by Crippen LogP contribution is 2.41. The molecule has 2 aliphatic heterocycles. The Morgan fingerprint density at radius 1 is 1.25 bits per heavy atom. The minimum absolute atomic E-state index is 0.0333. The normalized spacial score (nSPS) is 36.4. The van der Waals surface area contributed by atoms with Gasteiger partial charge in [0.1, 0.15) is 0 Å². The van der Waals surface area contributed by atoms with E-state index in [1.165, 1.54) is 12.8 Å². The summed E-state index contributed by atoms with van der Waals surface area (Å²) < 4.78 is 12.2. The zero-order valence-corrected chi connectivity index (χ0v) is 14.8. The third kappa shape index (κ3) is 3.55. The van der Waals surface area contributed by atoms with E-state index in [-0.39, 0.29) is 17.4 Å². The highest BCUT2D eigenvalue weighted by atomic mass is 16.5. The molecule has 4 nitrogen and oxygen atoms in total. The summed E-state index contributed by atoms with van der Waals surface area (Å²) in [6.45, 7) is 4.23. The maximum atomic E-state index is 13.0. The lowest BCUT2D eigenvalue weighted by atomic mass is 9.72. The first-order valence-electron chi connectivity index (χ1n) is 9.90. The number of carbonyl (C=O) groups is 1. The molecule has 0 spiro atoms. The first-order chi connectivity index (χ1) is 11.8. The fourth-order valence-corrected chi connectivity index (χ4v) is 4.68. The van der Waals surface area contributed by atoms with Gasteiger partial charge in [0.25, 0.3) is 0 Å². The second-order valence-electron chi connectivity index (χ2n) is 8.31. The molecule has 24 heavy (non-hydrogen) atoms. The summed E-state index contributed by atoms with van der Waals surface area (Å²) in [7, 11) is 0. The summed E-state index contributed by atoms with van der Waals surface area (Å²) in [4.78, 5) is 15.1. The van der Waals surface area contributed by atoms with Gasteiger partial charge in [0.15, 0.2) is 0 Å². The lowest BCUT2D eigenvalue weighted by Gasteiger charge is -2.50. The summed E-state index contributed by atoms with van der Waals surface area (Å²) in [5, 5.41) is 0. The Balaban J connectivity index is 1.41. The molecule has 0 radical (unpaired) electrons. The number of amides is 1. The lowest BCUT2D eigenvalue weighted by Crippen LogP contribution is -2.58. The fourth-order valence-electron chi connectivity index (χ4n) is 4.68. The van der Waals surface area contributed by atoms with Crippen LogP contribution in [-0.2, 0) is 14.3 Å². The molecular weight excluding hydrogens is 302 g/mol. The van der Waals surface area contributed by atoms with Gasteiger partial charge in [-0.15, -0.1) is 0 Å². The minimum atomic E-state index is 0.0333. The molecule has 3 fully saturated rings. The number of fused-ring (bicyclic) bond motifs is 1. The van der Waals surface area contributed by atoms with Gasteiger partial charge in [0.05, 0.1) is 12.7 Å². The Labute approximate surface area is 145 Å². The van der Waals surface area contributed by atoms with Crippen LogP contribution in [0.5, 0.6) is 0 Å². The van der Waals surface area contributed by atoms with E-state index in [0.717, 1.165) is 77.4 Å². The summed E-state index contributed by atoms with van der Waals surface area (Å²) in [6.07, 6.45) is 13.5. The van der Waals surface area contributed by atoms with Crippen molar-refractivity contribution in [3.63, 3.8) is 0 Å². The van der Waals surface area contributed by atoms with Gasteiger partial charge in [-0.3, -0.25) is 4.79 Å². The largest absolute Gasteiger partial charge is 0.380 e. The average molecular weight is 333 g/mol. The second-order valence-corrected chi connectivity index (χ2v) is 8.31. The lowest BCUT2D eigenvalue weighted by molar-refractivity contribution is -0.167. The molecule has 3 atom stereocenters. The zero-order valence-electron chi connectivity index (χ0n) is 14.8. The number of hydrogen-bond donors (Lipinski definition) is 0. The number of hydrogen-bond acceptors (Lipinski definition) is 3. The van der Waals surface area contributed by atoms with Gasteiger partial charge in [-0.1, -0.05) is 12.2 Å². The van der Waals surface area contributed by atoms with Gasteiger partial charge >= 0.3 is 0 Å². The molecule has 1 amide bonds. The summed E-state index contributed by atoms with van der Waals surface area (Å²) >= 11 is 0. The van der Waals surface area contributed by atoms with Gasteiger partial charge in [0.2, 0.25) is 5.91 Å². The van der Waals surface area contributed by atoms with Crippen LogP contribution >= 0.6 is 0 Å². The van der Waals surface area contributed by atoms with Crippen molar-refractivity contribution < 1.29 is 14.3 Å². The van der Waals surface area contributed by atoms with Crippen molar-refractivity contribution in [1.82, 2.24) is 4.90 Å². The Bertz CT molecular complexity index is 487. The van der Waals surface area contributed by atoms with E-state index in [9.17, 15) is 4.79 Å². The van der Waals surface area contributed by atoms with Crippen LogP contribution in [0.2, 0.25) is 0 Å². The zero-order chi connectivity index (χ0) is 16.4. The first kappa shape index (κ1) is 16.6. The Hall–Kier alpha value is -0.870. The summed E-state index contributed by atoms with van der Waals surface area (Å²) in [5.41, 5.74) is 0.0333. The van der Waals surface area contributed by atoms with Crippen LogP contribution < -0.4 is 0 Å². The van der Waals surface area contributed by atoms with Crippen LogP contribution in [0.1, 0.15) is 51.4 Å². The van der Waals surface area contributed by atoms with Crippen LogP contribution in [0.4, 0.5) is 0 Å². The fraction of sp³-hybridized carbons (Fsp3) is 0.850. The molecule has 0 aromatic carbocycles. The van der Waals surface area contributed by atoms with Crippen LogP contribution in [-0.4, -0.2) is 49.8 Å². The van der Waals surface area contributed by atoms with Crippen molar-refractivity contribution in [2.24, 2.45) is 17.3 Å². The minimum Gasteiger partial charge on any atom is -0.380 e. The van der Waals surface area contributed by atoms with E-state index >= 15 is 0 Å². The molecule has 2 saturated heterocycles. The third-order valence-corrected chi connectivity index (χ3v) is 6.36. The number of ether oxygens (including phenoxy) is 2. The number of piperidine rings is 1. The number of likely N-dealkylation sites (tertiary alicyclic amines) is 1. The molecule has 0 aromatic rings. The van der Waals surface area contributed by atoms with E-state index in [2.05, 4.69) is 17.1 Å². The quantitative estimate of drug-likeness (QED) is 0.726. The number of carbonyl (C=O) groups excluding carboxylic acids is 1. The van der Waals surface area contributed by atoms with E-state index < -0.39 is 0 Å². The number of rotatable bonds is 5. The maximum Gasteiger partial charge on any atom is 0.226 e. The molecule has 4 aliphatic rings. The predicted octanol–water partition coefficient (Wildman–Crippen LogP) is 3.17. The molecule has 4 heteroatoms. The van der Waals surface area contributed by atoms with Crippen molar-refractivity contribution in [1.29, 1.82) is 0 Å². The molecular formula is C20H31NO3. The molecule has 2 heterocycles. The monoisotopic (exact) mass is 333 g/mol. The Morgan fingerprint density at radius 3 is 2.96 bits per heavy atom. The average Bonchev–Trinajstić information content (AvgIpc) is 3.45. The van der Waals surface area contributed by atoms with Crippen LogP contribution in [0.3, 0.4) is 0 Å². The molecule has 134 valence electrons. The standard InChI is InChI=1S/C20H31NO3/c22-19(17-5-2-1-3-6-17)21-11-9-18-20(14-21,10-4-12-24-18)15-23-13-16-7-8-16/h1-2,16-18H,3-15H2/t17-,18+,20-/m1/s1. The van der Waals surface area contributed by atoms with Crippen molar-refractivity contribution in [2.75, 3.05) is 32.9 Å². The van der Waals surface area contributed by atoms with Crippen molar-refractivity contribution in [3.05, 3.63) is 12.2 Å². The topological polar surface area (TPSA) is 38.8 Å². The van der Waals surface area contributed by atoms with Gasteiger partial charge in [-0.2, -0.15) is 0 Å². The smallest absolute Gasteiger partial charge is 0.226 e. The van der Waals surface area contributed by atoms with Gasteiger partial charge in [-0.25, -0.2) is 0 Å². The van der Waals surface area contributed by atoms with Crippen LogP contribution in [0.15, 0.2) is 12.2 Å². The number of allylic oxidation sites excluding steroid dienone is 2. The van der Waals surface area contributed by atoms with Crippen molar-refractivity contribution in [2.45, 2.75) is 57.5 Å². The molecule has 4 rings (SSSR count). The van der Waals surface area contributed by atoms with Crippen LogP contribution in [0, 0.1) is 17.3 Å². The Morgan fingerprint density at radius 2 is 2.17 bits per heavy atom. The van der Waals surface area contributed by atoms with Gasteiger partial charge < -0.3 is 14.4 Å². The second kappa shape index (κ2) is 7.17. The molecule has 1 saturated carbocycles. The molecule has 0 bridgehead atoms. The van der Waals surface area contributed by atoms with E-state index in [1.807, 2.05) is 0 Å². The van der Waals surface area contributed by atoms with E-state index in [4.69, 9.17) is 9.47 Å². The molecule has 0 aromatic heterocycles. The van der Waals surface area contributed by atoms with Crippen molar-refractivity contribution >= 4 is 5.91 Å². The van der Waals surface area contributed by atoms with E-state index in [1.54, 1.807) is 0 Å². The van der Waals surface area contributed by atoms with Gasteiger partial charge in [-0.05, 0) is 57.3 Å².